The number of methoxy groups -OCH3 is 1. The number of ether oxygens (including phenoxy) is 1. The van der Waals surface area contributed by atoms with Crippen molar-refractivity contribution in [1.82, 2.24) is 4.90 Å². The molecular weight excluding hydrogens is 287 g/mol. The monoisotopic (exact) mass is 304 g/mol. The van der Waals surface area contributed by atoms with Gasteiger partial charge in [-0.3, -0.25) is 4.79 Å². The second-order valence-corrected chi connectivity index (χ2v) is 4.93. The van der Waals surface area contributed by atoms with E-state index in [0.29, 0.717) is 22.9 Å². The molecule has 4 nitrogen and oxygen atoms in total. The maximum absolute atomic E-state index is 12.4. The molecule has 0 saturated carbocycles. The molecule has 0 spiro atoms. The molecule has 2 rings (SSSR count). The maximum Gasteiger partial charge on any atom is 0.257 e. The summed E-state index contributed by atoms with van der Waals surface area (Å²) in [5, 5.41) is 0.554. The van der Waals surface area contributed by atoms with Gasteiger partial charge in [0.15, 0.2) is 0 Å². The Kier molecular flexibility index (Phi) is 5.91. The van der Waals surface area contributed by atoms with Gasteiger partial charge >= 0.3 is 0 Å². The molecule has 1 heterocycles. The Morgan fingerprint density at radius 3 is 2.89 bits per heavy atom. The Labute approximate surface area is 124 Å². The van der Waals surface area contributed by atoms with Crippen LogP contribution < -0.4 is 10.5 Å². The van der Waals surface area contributed by atoms with Crippen molar-refractivity contribution < 1.29 is 9.53 Å². The smallest absolute Gasteiger partial charge is 0.257 e. The summed E-state index contributed by atoms with van der Waals surface area (Å²) in [6.45, 7) is 1.35. The van der Waals surface area contributed by atoms with Crippen LogP contribution >= 0.6 is 24.0 Å². The Balaban J connectivity index is 0.00000180. The number of benzene rings is 1. The molecule has 0 unspecified atom stereocenters. The molecule has 1 fully saturated rings. The topological polar surface area (TPSA) is 55.6 Å². The zero-order valence-electron chi connectivity index (χ0n) is 10.8. The zero-order chi connectivity index (χ0) is 13.1. The lowest BCUT2D eigenvalue weighted by molar-refractivity contribution is 0.0705. The van der Waals surface area contributed by atoms with Crippen LogP contribution in [0.2, 0.25) is 5.02 Å². The predicted molar refractivity (Wildman–Crippen MR) is 78.4 cm³/mol. The van der Waals surface area contributed by atoms with E-state index in [2.05, 4.69) is 0 Å². The summed E-state index contributed by atoms with van der Waals surface area (Å²) in [6.07, 6.45) is 1.92. The van der Waals surface area contributed by atoms with Gasteiger partial charge in [0.1, 0.15) is 5.75 Å². The number of halogens is 2. The highest BCUT2D eigenvalue weighted by molar-refractivity contribution is 6.30. The van der Waals surface area contributed by atoms with Gasteiger partial charge in [-0.25, -0.2) is 0 Å². The van der Waals surface area contributed by atoms with Crippen LogP contribution in [0, 0.1) is 0 Å². The van der Waals surface area contributed by atoms with Crippen LogP contribution in [0.4, 0.5) is 0 Å². The molecule has 1 aromatic rings. The van der Waals surface area contributed by atoms with Crippen molar-refractivity contribution in [1.29, 1.82) is 0 Å². The molecular formula is C13H18Cl2N2O2. The van der Waals surface area contributed by atoms with Crippen molar-refractivity contribution in [2.45, 2.75) is 18.9 Å². The first kappa shape index (κ1) is 16.1. The second kappa shape index (κ2) is 6.98. The number of carbonyl (C=O) groups excluding carboxylic acids is 1. The van der Waals surface area contributed by atoms with E-state index in [0.717, 1.165) is 19.4 Å². The van der Waals surface area contributed by atoms with Crippen molar-refractivity contribution in [2.24, 2.45) is 5.73 Å². The fraction of sp³-hybridized carbons (Fsp3) is 0.462. The summed E-state index contributed by atoms with van der Waals surface area (Å²) in [6, 6.07) is 5.12. The highest BCUT2D eigenvalue weighted by Crippen LogP contribution is 2.25. The highest BCUT2D eigenvalue weighted by atomic mass is 35.5. The van der Waals surface area contributed by atoms with E-state index in [-0.39, 0.29) is 24.4 Å². The van der Waals surface area contributed by atoms with Gasteiger partial charge in [-0.15, -0.1) is 12.4 Å². The van der Waals surface area contributed by atoms with E-state index in [1.165, 1.54) is 7.11 Å². The minimum atomic E-state index is -0.0429. The van der Waals surface area contributed by atoms with Gasteiger partial charge in [0.25, 0.3) is 5.91 Å². The molecule has 1 aliphatic rings. The lowest BCUT2D eigenvalue weighted by atomic mass is 10.0. The first-order chi connectivity index (χ1) is 8.61. The van der Waals surface area contributed by atoms with Gasteiger partial charge in [0, 0.05) is 24.2 Å². The third-order valence-electron chi connectivity index (χ3n) is 3.14. The minimum absolute atomic E-state index is 0. The summed E-state index contributed by atoms with van der Waals surface area (Å²) >= 11 is 5.88. The Hall–Kier alpha value is -0.970. The number of hydrogen-bond acceptors (Lipinski definition) is 3. The van der Waals surface area contributed by atoms with Crippen molar-refractivity contribution in [3.8, 4) is 5.75 Å². The maximum atomic E-state index is 12.4. The van der Waals surface area contributed by atoms with Gasteiger partial charge in [-0.2, -0.15) is 0 Å². The SMILES string of the molecule is COc1cc(Cl)ccc1C(=O)N1CCC[C@@H](N)C1.Cl. The number of amides is 1. The van der Waals surface area contributed by atoms with Gasteiger partial charge in [-0.05, 0) is 31.0 Å². The summed E-state index contributed by atoms with van der Waals surface area (Å²) in [7, 11) is 1.53. The Morgan fingerprint density at radius 2 is 2.26 bits per heavy atom. The summed E-state index contributed by atoms with van der Waals surface area (Å²) in [4.78, 5) is 14.2. The van der Waals surface area contributed by atoms with E-state index >= 15 is 0 Å². The van der Waals surface area contributed by atoms with Crippen LogP contribution in [0.3, 0.4) is 0 Å². The molecule has 0 aromatic heterocycles. The van der Waals surface area contributed by atoms with Crippen LogP contribution in [-0.4, -0.2) is 37.0 Å². The first-order valence-electron chi connectivity index (χ1n) is 6.00. The molecule has 1 atom stereocenters. The number of nitrogens with two attached hydrogens (primary N) is 1. The average Bonchev–Trinajstić information content (AvgIpc) is 2.37. The lowest BCUT2D eigenvalue weighted by Crippen LogP contribution is -2.45. The first-order valence-corrected chi connectivity index (χ1v) is 6.38. The molecule has 2 N–H and O–H groups in total. The number of nitrogens with zero attached hydrogens (tertiary/aromatic N) is 1. The minimum Gasteiger partial charge on any atom is -0.496 e. The lowest BCUT2D eigenvalue weighted by Gasteiger charge is -2.31. The van der Waals surface area contributed by atoms with E-state index < -0.39 is 0 Å². The third kappa shape index (κ3) is 3.75. The number of piperidine rings is 1. The molecule has 1 aromatic carbocycles. The van der Waals surface area contributed by atoms with Crippen LogP contribution in [0.5, 0.6) is 5.75 Å². The predicted octanol–water partition coefficient (Wildman–Crippen LogP) is 2.33. The van der Waals surface area contributed by atoms with Crippen LogP contribution in [0.15, 0.2) is 18.2 Å². The summed E-state index contributed by atoms with van der Waals surface area (Å²) < 4.78 is 5.20. The molecule has 0 bridgehead atoms. The molecule has 6 heteroatoms. The number of likely N-dealkylation sites (tertiary alicyclic amines) is 1. The normalized spacial score (nSPS) is 18.7. The second-order valence-electron chi connectivity index (χ2n) is 4.50. The molecule has 0 aliphatic carbocycles. The molecule has 1 saturated heterocycles. The fourth-order valence-corrected chi connectivity index (χ4v) is 2.37. The molecule has 106 valence electrons. The van der Waals surface area contributed by atoms with Crippen molar-refractivity contribution in [2.75, 3.05) is 20.2 Å². The Morgan fingerprint density at radius 1 is 1.53 bits per heavy atom. The Bertz CT molecular complexity index is 454. The van der Waals surface area contributed by atoms with Crippen LogP contribution in [-0.2, 0) is 0 Å². The van der Waals surface area contributed by atoms with Crippen LogP contribution in [0.1, 0.15) is 23.2 Å². The largest absolute Gasteiger partial charge is 0.496 e. The number of hydrogen-bond donors (Lipinski definition) is 1. The zero-order valence-corrected chi connectivity index (χ0v) is 12.3. The van der Waals surface area contributed by atoms with Gasteiger partial charge in [-0.1, -0.05) is 11.6 Å². The average molecular weight is 305 g/mol. The molecule has 1 amide bonds. The third-order valence-corrected chi connectivity index (χ3v) is 3.37. The standard InChI is InChI=1S/C13H17ClN2O2.ClH/c1-18-12-7-9(14)4-5-11(12)13(17)16-6-2-3-10(15)8-16;/h4-5,7,10H,2-3,6,8,15H2,1H3;1H/t10-;/m1./s1. The molecule has 19 heavy (non-hydrogen) atoms. The fourth-order valence-electron chi connectivity index (χ4n) is 2.21. The van der Waals surface area contributed by atoms with E-state index in [9.17, 15) is 4.79 Å². The van der Waals surface area contributed by atoms with E-state index in [4.69, 9.17) is 22.1 Å². The van der Waals surface area contributed by atoms with Crippen molar-refractivity contribution >= 4 is 29.9 Å². The number of rotatable bonds is 2. The van der Waals surface area contributed by atoms with Crippen molar-refractivity contribution in [3.05, 3.63) is 28.8 Å². The quantitative estimate of drug-likeness (QED) is 0.912. The van der Waals surface area contributed by atoms with Crippen molar-refractivity contribution in [3.63, 3.8) is 0 Å². The van der Waals surface area contributed by atoms with Crippen LogP contribution in [0.25, 0.3) is 0 Å². The molecule has 1 aliphatic heterocycles. The van der Waals surface area contributed by atoms with E-state index in [1.54, 1.807) is 23.1 Å². The summed E-state index contributed by atoms with van der Waals surface area (Å²) in [5.74, 6) is 0.463. The van der Waals surface area contributed by atoms with Gasteiger partial charge < -0.3 is 15.4 Å². The molecule has 0 radical (unpaired) electrons. The highest BCUT2D eigenvalue weighted by Gasteiger charge is 2.24. The van der Waals surface area contributed by atoms with Gasteiger partial charge in [0.05, 0.1) is 12.7 Å². The van der Waals surface area contributed by atoms with Gasteiger partial charge in [0.2, 0.25) is 0 Å². The number of carbonyl (C=O) groups is 1. The summed E-state index contributed by atoms with van der Waals surface area (Å²) in [5.41, 5.74) is 6.43. The van der Waals surface area contributed by atoms with E-state index in [1.807, 2.05) is 0 Å².